The van der Waals surface area contributed by atoms with Crippen molar-refractivity contribution < 1.29 is 13.9 Å². The molecule has 2 atom stereocenters. The van der Waals surface area contributed by atoms with Crippen LogP contribution in [0.4, 0.5) is 0 Å². The van der Waals surface area contributed by atoms with E-state index < -0.39 is 0 Å². The third kappa shape index (κ3) is 5.79. The summed E-state index contributed by atoms with van der Waals surface area (Å²) in [6, 6.07) is 17.7. The molecule has 1 fully saturated rings. The molecule has 0 spiro atoms. The molecule has 3 aromatic rings. The monoisotopic (exact) mass is 463 g/mol. The van der Waals surface area contributed by atoms with Gasteiger partial charge in [-0.3, -0.25) is 4.79 Å². The van der Waals surface area contributed by atoms with E-state index in [9.17, 15) is 4.79 Å². The lowest BCUT2D eigenvalue weighted by Gasteiger charge is -2.16. The lowest BCUT2D eigenvalue weighted by atomic mass is 9.95. The van der Waals surface area contributed by atoms with Gasteiger partial charge in [-0.15, -0.1) is 24.8 Å². The first-order valence-electron chi connectivity index (χ1n) is 9.81. The Hall–Kier alpha value is -2.54. The van der Waals surface area contributed by atoms with E-state index in [-0.39, 0.29) is 42.7 Å². The van der Waals surface area contributed by atoms with Gasteiger partial charge in [-0.05, 0) is 29.8 Å². The first-order valence-corrected chi connectivity index (χ1v) is 9.81. The van der Waals surface area contributed by atoms with Crippen molar-refractivity contribution in [1.29, 1.82) is 0 Å². The fourth-order valence-corrected chi connectivity index (χ4v) is 3.77. The van der Waals surface area contributed by atoms with Gasteiger partial charge in [0.15, 0.2) is 11.7 Å². The third-order valence-corrected chi connectivity index (χ3v) is 5.43. The number of carbonyl (C=O) groups is 1. The topological polar surface area (TPSA) is 81.6 Å². The van der Waals surface area contributed by atoms with E-state index in [0.717, 1.165) is 11.3 Å². The standard InChI is InChI=1S/C23H25N3O3.2ClH/c1-28-18-9-7-17(8-10-18)21-13-25-22(29-21)11-12-23(27)26-14-19(20(24)15-26)16-5-3-2-4-6-16;;/h2-10,13,19-20H,11-12,14-15,24H2,1H3;2*1H/t19-,20+;;/m0../s1. The minimum absolute atomic E-state index is 0. The number of oxazole rings is 1. The Kier molecular flexibility index (Phi) is 8.92. The molecule has 0 unspecified atom stereocenters. The molecule has 0 aliphatic carbocycles. The molecule has 1 aromatic heterocycles. The van der Waals surface area contributed by atoms with Gasteiger partial charge in [0.25, 0.3) is 0 Å². The molecule has 0 saturated carbocycles. The molecule has 2 N–H and O–H groups in total. The van der Waals surface area contributed by atoms with Gasteiger partial charge in [0.2, 0.25) is 5.91 Å². The van der Waals surface area contributed by atoms with E-state index in [0.29, 0.717) is 37.6 Å². The van der Waals surface area contributed by atoms with Crippen molar-refractivity contribution >= 4 is 30.7 Å². The fraction of sp³-hybridized carbons (Fsp3) is 0.304. The molecular formula is C23H27Cl2N3O3. The Morgan fingerprint density at radius 1 is 1.13 bits per heavy atom. The predicted molar refractivity (Wildman–Crippen MR) is 125 cm³/mol. The van der Waals surface area contributed by atoms with Crippen molar-refractivity contribution in [3.63, 3.8) is 0 Å². The number of likely N-dealkylation sites (tertiary alicyclic amines) is 1. The number of aryl methyl sites for hydroxylation is 1. The van der Waals surface area contributed by atoms with Crippen LogP contribution in [0.25, 0.3) is 11.3 Å². The van der Waals surface area contributed by atoms with E-state index in [1.807, 2.05) is 47.4 Å². The Morgan fingerprint density at radius 3 is 2.52 bits per heavy atom. The minimum Gasteiger partial charge on any atom is -0.497 e. The highest BCUT2D eigenvalue weighted by molar-refractivity contribution is 5.85. The summed E-state index contributed by atoms with van der Waals surface area (Å²) in [4.78, 5) is 18.9. The number of carbonyl (C=O) groups excluding carboxylic acids is 1. The summed E-state index contributed by atoms with van der Waals surface area (Å²) in [5.41, 5.74) is 8.41. The number of hydrogen-bond acceptors (Lipinski definition) is 5. The van der Waals surface area contributed by atoms with Crippen LogP contribution in [0.15, 0.2) is 65.2 Å². The summed E-state index contributed by atoms with van der Waals surface area (Å²) in [7, 11) is 1.63. The Bertz CT molecular complexity index is 964. The zero-order valence-electron chi connectivity index (χ0n) is 17.3. The smallest absolute Gasteiger partial charge is 0.223 e. The molecule has 0 bridgehead atoms. The Morgan fingerprint density at radius 2 is 1.84 bits per heavy atom. The molecule has 166 valence electrons. The first-order chi connectivity index (χ1) is 14.1. The summed E-state index contributed by atoms with van der Waals surface area (Å²) >= 11 is 0. The van der Waals surface area contributed by atoms with Crippen molar-refractivity contribution in [3.05, 3.63) is 72.2 Å². The van der Waals surface area contributed by atoms with Crippen LogP contribution in [0.1, 0.15) is 23.8 Å². The number of hydrogen-bond donors (Lipinski definition) is 1. The summed E-state index contributed by atoms with van der Waals surface area (Å²) in [5.74, 6) is 2.30. The van der Waals surface area contributed by atoms with Gasteiger partial charge in [0, 0.05) is 43.5 Å². The van der Waals surface area contributed by atoms with E-state index in [1.165, 1.54) is 5.56 Å². The van der Waals surface area contributed by atoms with Crippen LogP contribution in [0, 0.1) is 0 Å². The number of halogens is 2. The lowest BCUT2D eigenvalue weighted by Crippen LogP contribution is -2.32. The number of rotatable bonds is 6. The molecule has 1 aliphatic rings. The average molecular weight is 464 g/mol. The zero-order chi connectivity index (χ0) is 20.2. The van der Waals surface area contributed by atoms with Crippen molar-refractivity contribution in [2.75, 3.05) is 20.2 Å². The van der Waals surface area contributed by atoms with Gasteiger partial charge in [-0.2, -0.15) is 0 Å². The molecule has 6 nitrogen and oxygen atoms in total. The molecule has 31 heavy (non-hydrogen) atoms. The number of aromatic nitrogens is 1. The van der Waals surface area contributed by atoms with E-state index in [1.54, 1.807) is 13.3 Å². The highest BCUT2D eigenvalue weighted by Crippen LogP contribution is 2.27. The molecular weight excluding hydrogens is 437 g/mol. The highest BCUT2D eigenvalue weighted by Gasteiger charge is 2.33. The van der Waals surface area contributed by atoms with Crippen LogP contribution < -0.4 is 10.5 Å². The van der Waals surface area contributed by atoms with Gasteiger partial charge in [0.1, 0.15) is 5.75 Å². The molecule has 1 saturated heterocycles. The second-order valence-corrected chi connectivity index (χ2v) is 7.33. The third-order valence-electron chi connectivity index (χ3n) is 5.43. The van der Waals surface area contributed by atoms with Gasteiger partial charge in [-0.1, -0.05) is 30.3 Å². The number of benzene rings is 2. The SMILES string of the molecule is COc1ccc(-c2cnc(CCC(=O)N3C[C@@H](N)[C@H](c4ccccc4)C3)o2)cc1.Cl.Cl. The van der Waals surface area contributed by atoms with Crippen LogP contribution in [0.3, 0.4) is 0 Å². The van der Waals surface area contributed by atoms with Gasteiger partial charge in [0.05, 0.1) is 13.3 Å². The molecule has 1 aliphatic heterocycles. The lowest BCUT2D eigenvalue weighted by molar-refractivity contribution is -0.130. The molecule has 2 aromatic carbocycles. The first kappa shape index (κ1) is 24.7. The van der Waals surface area contributed by atoms with Crippen molar-refractivity contribution in [3.8, 4) is 17.1 Å². The maximum atomic E-state index is 12.7. The molecule has 4 rings (SSSR count). The maximum absolute atomic E-state index is 12.7. The number of methoxy groups -OCH3 is 1. The minimum atomic E-state index is -0.0373. The van der Waals surface area contributed by atoms with E-state index in [2.05, 4.69) is 17.1 Å². The highest BCUT2D eigenvalue weighted by atomic mass is 35.5. The number of ether oxygens (including phenoxy) is 1. The molecule has 1 amide bonds. The van der Waals surface area contributed by atoms with Crippen molar-refractivity contribution in [2.24, 2.45) is 5.73 Å². The van der Waals surface area contributed by atoms with Crippen LogP contribution in [-0.4, -0.2) is 42.0 Å². The number of nitrogens with two attached hydrogens (primary N) is 1. The van der Waals surface area contributed by atoms with E-state index >= 15 is 0 Å². The second-order valence-electron chi connectivity index (χ2n) is 7.33. The quantitative estimate of drug-likeness (QED) is 0.595. The molecule has 0 radical (unpaired) electrons. The maximum Gasteiger partial charge on any atom is 0.223 e. The second kappa shape index (κ2) is 11.2. The van der Waals surface area contributed by atoms with Crippen molar-refractivity contribution in [1.82, 2.24) is 9.88 Å². The summed E-state index contributed by atoms with van der Waals surface area (Å²) < 4.78 is 11.0. The van der Waals surface area contributed by atoms with Gasteiger partial charge in [-0.25, -0.2) is 4.98 Å². The Balaban J connectivity index is 0.00000171. The summed E-state index contributed by atoms with van der Waals surface area (Å²) in [5, 5.41) is 0. The zero-order valence-corrected chi connectivity index (χ0v) is 18.9. The largest absolute Gasteiger partial charge is 0.497 e. The average Bonchev–Trinajstić information content (AvgIpc) is 3.39. The van der Waals surface area contributed by atoms with E-state index in [4.69, 9.17) is 14.9 Å². The predicted octanol–water partition coefficient (Wildman–Crippen LogP) is 4.08. The van der Waals surface area contributed by atoms with Crippen LogP contribution in [0.5, 0.6) is 5.75 Å². The normalized spacial score (nSPS) is 17.5. The molecule has 8 heteroatoms. The summed E-state index contributed by atoms with van der Waals surface area (Å²) in [6.07, 6.45) is 2.52. The van der Waals surface area contributed by atoms with Crippen LogP contribution in [0.2, 0.25) is 0 Å². The fourth-order valence-electron chi connectivity index (χ4n) is 3.77. The van der Waals surface area contributed by atoms with Gasteiger partial charge < -0.3 is 19.8 Å². The van der Waals surface area contributed by atoms with Crippen LogP contribution >= 0.6 is 24.8 Å². The Labute approximate surface area is 194 Å². The van der Waals surface area contributed by atoms with Gasteiger partial charge >= 0.3 is 0 Å². The van der Waals surface area contributed by atoms with Crippen molar-refractivity contribution in [2.45, 2.75) is 24.8 Å². The van der Waals surface area contributed by atoms with Crippen LogP contribution in [-0.2, 0) is 11.2 Å². The number of nitrogens with zero attached hydrogens (tertiary/aromatic N) is 2. The summed E-state index contributed by atoms with van der Waals surface area (Å²) in [6.45, 7) is 1.24. The molecule has 2 heterocycles. The number of amides is 1.